The summed E-state index contributed by atoms with van der Waals surface area (Å²) in [5.41, 5.74) is 4.77. The van der Waals surface area contributed by atoms with E-state index in [4.69, 9.17) is 4.42 Å². The zero-order chi connectivity index (χ0) is 20.9. The highest BCUT2D eigenvalue weighted by atomic mass is 32.2. The minimum Gasteiger partial charge on any atom is -0.411 e. The van der Waals surface area contributed by atoms with Crippen molar-refractivity contribution in [3.8, 4) is 22.6 Å². The van der Waals surface area contributed by atoms with Gasteiger partial charge in [-0.1, -0.05) is 78.0 Å². The maximum Gasteiger partial charge on any atom is 0.277 e. The first-order valence-electron chi connectivity index (χ1n) is 9.62. The van der Waals surface area contributed by atoms with Crippen LogP contribution in [0.15, 0.2) is 88.5 Å². The van der Waals surface area contributed by atoms with Crippen molar-refractivity contribution >= 4 is 23.4 Å². The molecular weight excluding hydrogens is 394 g/mol. The second kappa shape index (κ2) is 8.97. The van der Waals surface area contributed by atoms with Crippen molar-refractivity contribution in [1.29, 1.82) is 0 Å². The van der Waals surface area contributed by atoms with E-state index in [-0.39, 0.29) is 5.91 Å². The molecule has 0 bridgehead atoms. The summed E-state index contributed by atoms with van der Waals surface area (Å²) in [6, 6.07) is 25.6. The summed E-state index contributed by atoms with van der Waals surface area (Å²) in [6.07, 6.45) is 0. The molecule has 0 saturated heterocycles. The number of amides is 1. The number of carbonyl (C=O) groups is 1. The highest BCUT2D eigenvalue weighted by Crippen LogP contribution is 2.30. The third kappa shape index (κ3) is 4.60. The SMILES string of the molecule is Cc1cccc(-c2nnc(S[C@H](C)C(=O)Nc3ccccc3-c3ccccc3)o2)c1. The molecular formula is C24H21N3O2S. The van der Waals surface area contributed by atoms with E-state index in [0.29, 0.717) is 11.1 Å². The Hall–Kier alpha value is -3.38. The number of aromatic nitrogens is 2. The molecule has 3 aromatic carbocycles. The van der Waals surface area contributed by atoms with Crippen LogP contribution < -0.4 is 5.32 Å². The van der Waals surface area contributed by atoms with Gasteiger partial charge in [-0.2, -0.15) is 0 Å². The number of para-hydroxylation sites is 1. The van der Waals surface area contributed by atoms with Gasteiger partial charge in [-0.05, 0) is 37.6 Å². The molecule has 0 fully saturated rings. The summed E-state index contributed by atoms with van der Waals surface area (Å²) in [7, 11) is 0. The Morgan fingerprint density at radius 3 is 2.47 bits per heavy atom. The lowest BCUT2D eigenvalue weighted by Gasteiger charge is -2.14. The lowest BCUT2D eigenvalue weighted by Crippen LogP contribution is -2.22. The summed E-state index contributed by atoms with van der Waals surface area (Å²) in [5, 5.41) is 11.2. The van der Waals surface area contributed by atoms with Crippen molar-refractivity contribution < 1.29 is 9.21 Å². The van der Waals surface area contributed by atoms with E-state index in [2.05, 4.69) is 15.5 Å². The van der Waals surface area contributed by atoms with Gasteiger partial charge >= 0.3 is 0 Å². The van der Waals surface area contributed by atoms with Crippen LogP contribution in [0.3, 0.4) is 0 Å². The normalized spacial score (nSPS) is 11.8. The van der Waals surface area contributed by atoms with Gasteiger partial charge in [0, 0.05) is 16.8 Å². The summed E-state index contributed by atoms with van der Waals surface area (Å²) in [4.78, 5) is 12.8. The van der Waals surface area contributed by atoms with Crippen LogP contribution in [0.25, 0.3) is 22.6 Å². The number of carbonyl (C=O) groups excluding carboxylic acids is 1. The third-order valence-electron chi connectivity index (χ3n) is 4.59. The van der Waals surface area contributed by atoms with Gasteiger partial charge in [0.25, 0.3) is 5.22 Å². The van der Waals surface area contributed by atoms with Crippen molar-refractivity contribution in [3.63, 3.8) is 0 Å². The third-order valence-corrected chi connectivity index (χ3v) is 5.52. The Morgan fingerprint density at radius 2 is 1.67 bits per heavy atom. The lowest BCUT2D eigenvalue weighted by molar-refractivity contribution is -0.115. The average molecular weight is 416 g/mol. The standard InChI is InChI=1S/C24H21N3O2S/c1-16-9-8-12-19(15-16)23-26-27-24(29-23)30-17(2)22(28)25-21-14-7-6-13-20(21)18-10-4-3-5-11-18/h3-15,17H,1-2H3,(H,25,28)/t17-/m1/s1. The highest BCUT2D eigenvalue weighted by molar-refractivity contribution is 8.00. The van der Waals surface area contributed by atoms with Gasteiger partial charge in [-0.15, -0.1) is 10.2 Å². The maximum atomic E-state index is 12.8. The van der Waals surface area contributed by atoms with E-state index >= 15 is 0 Å². The van der Waals surface area contributed by atoms with Crippen LogP contribution in [-0.2, 0) is 4.79 Å². The van der Waals surface area contributed by atoms with Crippen LogP contribution in [0.2, 0.25) is 0 Å². The van der Waals surface area contributed by atoms with E-state index < -0.39 is 5.25 Å². The first kappa shape index (κ1) is 19.9. The van der Waals surface area contributed by atoms with Gasteiger partial charge < -0.3 is 9.73 Å². The highest BCUT2D eigenvalue weighted by Gasteiger charge is 2.20. The van der Waals surface area contributed by atoms with E-state index in [1.165, 1.54) is 11.8 Å². The Kier molecular flexibility index (Phi) is 5.95. The van der Waals surface area contributed by atoms with Crippen LogP contribution >= 0.6 is 11.8 Å². The first-order valence-corrected chi connectivity index (χ1v) is 10.5. The average Bonchev–Trinajstić information content (AvgIpc) is 3.23. The monoisotopic (exact) mass is 415 g/mol. The Labute approximate surface area is 179 Å². The van der Waals surface area contributed by atoms with Crippen LogP contribution in [0.5, 0.6) is 0 Å². The first-order chi connectivity index (χ1) is 14.6. The second-order valence-corrected chi connectivity index (χ2v) is 8.20. The van der Waals surface area contributed by atoms with Gasteiger partial charge in [0.1, 0.15) is 0 Å². The van der Waals surface area contributed by atoms with Crippen molar-refractivity contribution in [2.75, 3.05) is 5.32 Å². The van der Waals surface area contributed by atoms with Gasteiger partial charge in [-0.3, -0.25) is 4.79 Å². The van der Waals surface area contributed by atoms with Crippen LogP contribution in [-0.4, -0.2) is 21.4 Å². The largest absolute Gasteiger partial charge is 0.411 e. The fourth-order valence-corrected chi connectivity index (χ4v) is 3.74. The molecule has 1 heterocycles. The molecule has 0 spiro atoms. The number of hydrogen-bond donors (Lipinski definition) is 1. The number of nitrogens with zero attached hydrogens (tertiary/aromatic N) is 2. The maximum absolute atomic E-state index is 12.8. The number of hydrogen-bond acceptors (Lipinski definition) is 5. The van der Waals surface area contributed by atoms with Gasteiger partial charge in [0.15, 0.2) is 0 Å². The van der Waals surface area contributed by atoms with Crippen LogP contribution in [0.1, 0.15) is 12.5 Å². The number of thioether (sulfide) groups is 1. The minimum atomic E-state index is -0.403. The van der Waals surface area contributed by atoms with Gasteiger partial charge in [-0.25, -0.2) is 0 Å². The number of benzene rings is 3. The van der Waals surface area contributed by atoms with Crippen molar-refractivity contribution in [3.05, 3.63) is 84.4 Å². The number of anilines is 1. The summed E-state index contributed by atoms with van der Waals surface area (Å²) < 4.78 is 5.75. The molecule has 0 saturated carbocycles. The zero-order valence-electron chi connectivity index (χ0n) is 16.7. The predicted octanol–water partition coefficient (Wildman–Crippen LogP) is 5.83. The zero-order valence-corrected chi connectivity index (χ0v) is 17.5. The molecule has 4 rings (SSSR count). The molecule has 1 aromatic heterocycles. The van der Waals surface area contributed by atoms with Gasteiger partial charge in [0.05, 0.1) is 5.25 Å². The summed E-state index contributed by atoms with van der Waals surface area (Å²) in [6.45, 7) is 3.83. The van der Waals surface area contributed by atoms with Crippen molar-refractivity contribution in [2.24, 2.45) is 0 Å². The molecule has 5 nitrogen and oxygen atoms in total. The van der Waals surface area contributed by atoms with E-state index in [1.807, 2.05) is 92.7 Å². The molecule has 1 amide bonds. The summed E-state index contributed by atoms with van der Waals surface area (Å²) in [5.74, 6) is 0.321. The molecule has 150 valence electrons. The fourth-order valence-electron chi connectivity index (χ4n) is 3.05. The number of aryl methyl sites for hydroxylation is 1. The molecule has 1 N–H and O–H groups in total. The molecule has 0 unspecified atom stereocenters. The number of rotatable bonds is 6. The Bertz CT molecular complexity index is 1160. The van der Waals surface area contributed by atoms with Crippen molar-refractivity contribution in [1.82, 2.24) is 10.2 Å². The van der Waals surface area contributed by atoms with Crippen LogP contribution in [0.4, 0.5) is 5.69 Å². The summed E-state index contributed by atoms with van der Waals surface area (Å²) >= 11 is 1.24. The second-order valence-electron chi connectivity index (χ2n) is 6.90. The quantitative estimate of drug-likeness (QED) is 0.401. The molecule has 30 heavy (non-hydrogen) atoms. The molecule has 4 aromatic rings. The molecule has 0 aliphatic rings. The van der Waals surface area contributed by atoms with Gasteiger partial charge in [0.2, 0.25) is 11.8 Å². The Balaban J connectivity index is 1.46. The minimum absolute atomic E-state index is 0.126. The van der Waals surface area contributed by atoms with E-state index in [1.54, 1.807) is 0 Å². The smallest absolute Gasteiger partial charge is 0.277 e. The molecule has 0 aliphatic carbocycles. The van der Waals surface area contributed by atoms with Crippen molar-refractivity contribution in [2.45, 2.75) is 24.3 Å². The molecule has 0 radical (unpaired) electrons. The topological polar surface area (TPSA) is 68.0 Å². The Morgan fingerprint density at radius 1 is 0.933 bits per heavy atom. The van der Waals surface area contributed by atoms with E-state index in [9.17, 15) is 4.79 Å². The molecule has 0 aliphatic heterocycles. The molecule has 1 atom stereocenters. The van der Waals surface area contributed by atoms with E-state index in [0.717, 1.165) is 27.9 Å². The lowest BCUT2D eigenvalue weighted by atomic mass is 10.0. The fraction of sp³-hybridized carbons (Fsp3) is 0.125. The predicted molar refractivity (Wildman–Crippen MR) is 120 cm³/mol. The van der Waals surface area contributed by atoms with Crippen LogP contribution in [0, 0.1) is 6.92 Å². The molecule has 6 heteroatoms. The number of nitrogens with one attached hydrogen (secondary N) is 1.